The second kappa shape index (κ2) is 7.34. The minimum atomic E-state index is 0.0533. The Morgan fingerprint density at radius 2 is 2.17 bits per heavy atom. The van der Waals surface area contributed by atoms with Gasteiger partial charge in [-0.2, -0.15) is 0 Å². The average Bonchev–Trinajstić information content (AvgIpc) is 2.93. The number of carbonyl (C=O) groups excluding carboxylic acids is 1. The third-order valence-electron chi connectivity index (χ3n) is 4.86. The summed E-state index contributed by atoms with van der Waals surface area (Å²) in [7, 11) is 0. The Morgan fingerprint density at radius 1 is 1.42 bits per heavy atom. The first-order valence-electron chi connectivity index (χ1n) is 8.91. The van der Waals surface area contributed by atoms with Gasteiger partial charge in [0.15, 0.2) is 0 Å². The lowest BCUT2D eigenvalue weighted by atomic mass is 9.96. The van der Waals surface area contributed by atoms with Crippen LogP contribution in [0.5, 0.6) is 0 Å². The summed E-state index contributed by atoms with van der Waals surface area (Å²) in [6.45, 7) is 8.07. The van der Waals surface area contributed by atoms with E-state index in [1.165, 1.54) is 5.69 Å². The lowest BCUT2D eigenvalue weighted by Gasteiger charge is -2.24. The van der Waals surface area contributed by atoms with Crippen LogP contribution in [0.25, 0.3) is 11.0 Å². The summed E-state index contributed by atoms with van der Waals surface area (Å²) in [6.07, 6.45) is 4.81. The van der Waals surface area contributed by atoms with Crippen molar-refractivity contribution in [1.29, 1.82) is 0 Å². The van der Waals surface area contributed by atoms with Crippen LogP contribution >= 0.6 is 0 Å². The first kappa shape index (κ1) is 17.0. The van der Waals surface area contributed by atoms with Crippen LogP contribution in [0, 0.1) is 6.92 Å². The Bertz CT molecular complexity index is 717. The molecular formula is C19H27N3O2. The first-order chi connectivity index (χ1) is 11.6. The molecule has 1 fully saturated rings. The zero-order chi connectivity index (χ0) is 17.1. The minimum absolute atomic E-state index is 0.0533. The predicted molar refractivity (Wildman–Crippen MR) is 95.2 cm³/mol. The number of hydrogen-bond acceptors (Lipinski definition) is 3. The van der Waals surface area contributed by atoms with Gasteiger partial charge in [-0.15, -0.1) is 0 Å². The summed E-state index contributed by atoms with van der Waals surface area (Å²) in [5.74, 6) is 0.488. The third kappa shape index (κ3) is 3.61. The highest BCUT2D eigenvalue weighted by Gasteiger charge is 2.23. The lowest BCUT2D eigenvalue weighted by Crippen LogP contribution is -2.35. The van der Waals surface area contributed by atoms with Crippen LogP contribution in [0.15, 0.2) is 18.3 Å². The number of aromatic nitrogens is 2. The van der Waals surface area contributed by atoms with Gasteiger partial charge in [0.1, 0.15) is 12.2 Å². The molecule has 0 unspecified atom stereocenters. The number of carbonyl (C=O) groups is 1. The first-order valence-corrected chi connectivity index (χ1v) is 8.91. The van der Waals surface area contributed by atoms with Crippen molar-refractivity contribution in [2.24, 2.45) is 0 Å². The van der Waals surface area contributed by atoms with E-state index in [0.29, 0.717) is 12.5 Å². The van der Waals surface area contributed by atoms with Gasteiger partial charge in [-0.3, -0.25) is 4.79 Å². The van der Waals surface area contributed by atoms with Crippen LogP contribution in [0.3, 0.4) is 0 Å². The molecule has 0 aromatic carbocycles. The maximum Gasteiger partial charge on any atom is 0.240 e. The van der Waals surface area contributed by atoms with Crippen LogP contribution in [0.4, 0.5) is 0 Å². The Labute approximate surface area is 143 Å². The maximum atomic E-state index is 12.4. The Balaban J connectivity index is 1.94. The molecule has 24 heavy (non-hydrogen) atoms. The van der Waals surface area contributed by atoms with Crippen LogP contribution in [0.2, 0.25) is 0 Å². The Kier molecular flexibility index (Phi) is 5.19. The van der Waals surface area contributed by atoms with Crippen molar-refractivity contribution in [3.63, 3.8) is 0 Å². The van der Waals surface area contributed by atoms with Crippen molar-refractivity contribution in [3.05, 3.63) is 29.6 Å². The van der Waals surface area contributed by atoms with Crippen LogP contribution in [-0.4, -0.2) is 34.7 Å². The Morgan fingerprint density at radius 3 is 2.88 bits per heavy atom. The van der Waals surface area contributed by atoms with Crippen molar-refractivity contribution in [3.8, 4) is 0 Å². The minimum Gasteiger partial charge on any atom is -0.381 e. The van der Waals surface area contributed by atoms with Crippen LogP contribution in [0.1, 0.15) is 50.3 Å². The molecule has 0 bridgehead atoms. The van der Waals surface area contributed by atoms with E-state index in [1.54, 1.807) is 0 Å². The SMILES string of the molecule is CC[C@H](C)NC(=O)Cn1c(C2CCOCC2)cc2cc(C)cnc21. The molecule has 130 valence electrons. The summed E-state index contributed by atoms with van der Waals surface area (Å²) in [5.41, 5.74) is 3.26. The molecule has 1 aliphatic heterocycles. The van der Waals surface area contributed by atoms with E-state index < -0.39 is 0 Å². The number of aryl methyl sites for hydroxylation is 1. The molecule has 1 saturated heterocycles. The van der Waals surface area contributed by atoms with E-state index in [9.17, 15) is 4.79 Å². The topological polar surface area (TPSA) is 56.2 Å². The second-order valence-corrected chi connectivity index (χ2v) is 6.84. The molecule has 2 aromatic heterocycles. The molecule has 0 aliphatic carbocycles. The fourth-order valence-corrected chi connectivity index (χ4v) is 3.34. The number of nitrogens with one attached hydrogen (secondary N) is 1. The van der Waals surface area contributed by atoms with Crippen LogP contribution < -0.4 is 5.32 Å². The van der Waals surface area contributed by atoms with Gasteiger partial charge in [0.25, 0.3) is 0 Å². The van der Waals surface area contributed by atoms with Gasteiger partial charge >= 0.3 is 0 Å². The summed E-state index contributed by atoms with van der Waals surface area (Å²) >= 11 is 0. The van der Waals surface area contributed by atoms with Crippen molar-refractivity contribution in [1.82, 2.24) is 14.9 Å². The van der Waals surface area contributed by atoms with Gasteiger partial charge in [0, 0.05) is 42.5 Å². The highest BCUT2D eigenvalue weighted by molar-refractivity contribution is 5.82. The number of rotatable bonds is 5. The zero-order valence-corrected chi connectivity index (χ0v) is 14.8. The van der Waals surface area contributed by atoms with Gasteiger partial charge in [-0.25, -0.2) is 4.98 Å². The molecule has 5 heteroatoms. The highest BCUT2D eigenvalue weighted by atomic mass is 16.5. The molecule has 3 rings (SSSR count). The standard InChI is InChI=1S/C19H27N3O2/c1-4-14(3)21-18(23)12-22-17(15-5-7-24-8-6-15)10-16-9-13(2)11-20-19(16)22/h9-11,14-15H,4-8,12H2,1-3H3,(H,21,23)/t14-/m0/s1. The quantitative estimate of drug-likeness (QED) is 0.917. The molecular weight excluding hydrogens is 302 g/mol. The van der Waals surface area contributed by atoms with E-state index >= 15 is 0 Å². The molecule has 1 N–H and O–H groups in total. The average molecular weight is 329 g/mol. The monoisotopic (exact) mass is 329 g/mol. The molecule has 0 radical (unpaired) electrons. The second-order valence-electron chi connectivity index (χ2n) is 6.84. The molecule has 0 saturated carbocycles. The normalized spacial score (nSPS) is 17.1. The predicted octanol–water partition coefficient (Wildman–Crippen LogP) is 3.15. The van der Waals surface area contributed by atoms with Gasteiger partial charge in [0.05, 0.1) is 0 Å². The van der Waals surface area contributed by atoms with Gasteiger partial charge in [-0.1, -0.05) is 6.92 Å². The molecule has 0 spiro atoms. The lowest BCUT2D eigenvalue weighted by molar-refractivity contribution is -0.122. The van der Waals surface area contributed by atoms with Crippen molar-refractivity contribution < 1.29 is 9.53 Å². The summed E-state index contributed by atoms with van der Waals surface area (Å²) in [4.78, 5) is 17.0. The molecule has 1 atom stereocenters. The summed E-state index contributed by atoms with van der Waals surface area (Å²) in [5, 5.41) is 4.18. The van der Waals surface area contributed by atoms with Crippen molar-refractivity contribution in [2.45, 2.75) is 58.5 Å². The van der Waals surface area contributed by atoms with Crippen molar-refractivity contribution >= 4 is 16.9 Å². The van der Waals surface area contributed by atoms with Crippen LogP contribution in [-0.2, 0) is 16.1 Å². The fraction of sp³-hybridized carbons (Fsp3) is 0.579. The fourth-order valence-electron chi connectivity index (χ4n) is 3.34. The third-order valence-corrected chi connectivity index (χ3v) is 4.86. The number of ether oxygens (including phenoxy) is 1. The van der Waals surface area contributed by atoms with Gasteiger partial charge < -0.3 is 14.6 Å². The highest BCUT2D eigenvalue weighted by Crippen LogP contribution is 2.31. The molecule has 3 heterocycles. The zero-order valence-electron chi connectivity index (χ0n) is 14.8. The van der Waals surface area contributed by atoms with E-state index in [0.717, 1.165) is 49.1 Å². The summed E-state index contributed by atoms with van der Waals surface area (Å²) < 4.78 is 7.60. The van der Waals surface area contributed by atoms with Gasteiger partial charge in [0.2, 0.25) is 5.91 Å². The van der Waals surface area contributed by atoms with Gasteiger partial charge in [-0.05, 0) is 50.8 Å². The van der Waals surface area contributed by atoms with E-state index in [1.807, 2.05) is 20.0 Å². The molecule has 5 nitrogen and oxygen atoms in total. The smallest absolute Gasteiger partial charge is 0.240 e. The molecule has 1 amide bonds. The maximum absolute atomic E-state index is 12.4. The van der Waals surface area contributed by atoms with Crippen molar-refractivity contribution in [2.75, 3.05) is 13.2 Å². The Hall–Kier alpha value is -1.88. The summed E-state index contributed by atoms with van der Waals surface area (Å²) in [6, 6.07) is 4.55. The number of hydrogen-bond donors (Lipinski definition) is 1. The number of fused-ring (bicyclic) bond motifs is 1. The van der Waals surface area contributed by atoms with E-state index in [4.69, 9.17) is 4.74 Å². The number of nitrogens with zero attached hydrogens (tertiary/aromatic N) is 2. The number of amides is 1. The molecule has 2 aromatic rings. The largest absolute Gasteiger partial charge is 0.381 e. The number of pyridine rings is 1. The molecule has 1 aliphatic rings. The van der Waals surface area contributed by atoms with E-state index in [2.05, 4.69) is 33.9 Å². The van der Waals surface area contributed by atoms with E-state index in [-0.39, 0.29) is 11.9 Å².